The molecule has 3 aromatic heterocycles. The number of thioether (sulfide) groups is 1. The summed E-state index contributed by atoms with van der Waals surface area (Å²) in [6.45, 7) is 10.3. The van der Waals surface area contributed by atoms with E-state index < -0.39 is 5.97 Å². The zero-order chi connectivity index (χ0) is 22.7. The average Bonchev–Trinajstić information content (AvgIpc) is 3.41. The van der Waals surface area contributed by atoms with Crippen molar-refractivity contribution < 1.29 is 14.3 Å². The van der Waals surface area contributed by atoms with Crippen LogP contribution >= 0.6 is 34.4 Å². The molecule has 166 valence electrons. The minimum Gasteiger partial charge on any atom is -0.465 e. The first-order valence-electron chi connectivity index (χ1n) is 9.90. The summed E-state index contributed by atoms with van der Waals surface area (Å²) in [6, 6.07) is 1.86. The van der Waals surface area contributed by atoms with Crippen LogP contribution in [0.25, 0.3) is 11.4 Å². The second-order valence-electron chi connectivity index (χ2n) is 7.24. The molecule has 1 N–H and O–H groups in total. The van der Waals surface area contributed by atoms with Crippen molar-refractivity contribution in [1.29, 1.82) is 0 Å². The topological polar surface area (TPSA) is 86.1 Å². The smallest absolute Gasteiger partial charge is 0.340 e. The third kappa shape index (κ3) is 5.02. The molecule has 0 aliphatic rings. The molecule has 7 nitrogen and oxygen atoms in total. The van der Waals surface area contributed by atoms with Gasteiger partial charge in [0.05, 0.1) is 18.4 Å². The lowest BCUT2D eigenvalue weighted by molar-refractivity contribution is -0.113. The van der Waals surface area contributed by atoms with Gasteiger partial charge in [-0.15, -0.1) is 32.9 Å². The molecule has 0 aliphatic heterocycles. The van der Waals surface area contributed by atoms with Crippen LogP contribution < -0.4 is 5.32 Å². The lowest BCUT2D eigenvalue weighted by atomic mass is 10.1. The van der Waals surface area contributed by atoms with Crippen molar-refractivity contribution in [2.24, 2.45) is 0 Å². The van der Waals surface area contributed by atoms with Crippen molar-refractivity contribution in [2.45, 2.75) is 52.2 Å². The number of rotatable bonds is 8. The highest BCUT2D eigenvalue weighted by Crippen LogP contribution is 2.34. The zero-order valence-corrected chi connectivity index (χ0v) is 20.9. The fourth-order valence-corrected chi connectivity index (χ4v) is 6.01. The molecule has 0 atom stereocenters. The number of carbonyl (C=O) groups excluding carboxylic acids is 2. The van der Waals surface area contributed by atoms with E-state index in [1.165, 1.54) is 40.6 Å². The molecular formula is C21H26N4O3S3. The molecule has 3 aromatic rings. The number of ether oxygens (including phenoxy) is 1. The number of methoxy groups -OCH3 is 1. The van der Waals surface area contributed by atoms with Gasteiger partial charge in [-0.2, -0.15) is 0 Å². The van der Waals surface area contributed by atoms with Crippen molar-refractivity contribution in [3.8, 4) is 11.4 Å². The predicted octanol–water partition coefficient (Wildman–Crippen LogP) is 5.35. The number of hydrogen-bond donors (Lipinski definition) is 1. The SMILES string of the molecule is CCc1c(-c2nnc(SCC(=O)Nc3sc(C)cc3C(=O)OC)n2C(C)C)csc1C. The van der Waals surface area contributed by atoms with Gasteiger partial charge in [0, 0.05) is 26.7 Å². The fourth-order valence-electron chi connectivity index (χ4n) is 3.29. The normalized spacial score (nSPS) is 11.2. The molecule has 10 heteroatoms. The first kappa shape index (κ1) is 23.5. The molecular weight excluding hydrogens is 452 g/mol. The number of aromatic nitrogens is 3. The third-order valence-electron chi connectivity index (χ3n) is 4.72. The average molecular weight is 479 g/mol. The first-order chi connectivity index (χ1) is 14.8. The van der Waals surface area contributed by atoms with Gasteiger partial charge in [0.1, 0.15) is 5.00 Å². The summed E-state index contributed by atoms with van der Waals surface area (Å²) in [5.41, 5.74) is 2.77. The van der Waals surface area contributed by atoms with Crippen LogP contribution in [-0.4, -0.2) is 39.5 Å². The quantitative estimate of drug-likeness (QED) is 0.347. The largest absolute Gasteiger partial charge is 0.465 e. The van der Waals surface area contributed by atoms with Gasteiger partial charge in [0.15, 0.2) is 11.0 Å². The Balaban J connectivity index is 1.78. The number of nitrogens with one attached hydrogen (secondary N) is 1. The van der Waals surface area contributed by atoms with E-state index in [9.17, 15) is 9.59 Å². The third-order valence-corrected chi connectivity index (χ3v) is 7.59. The van der Waals surface area contributed by atoms with Crippen LogP contribution in [0.5, 0.6) is 0 Å². The van der Waals surface area contributed by atoms with Crippen LogP contribution in [0.2, 0.25) is 0 Å². The molecule has 0 aliphatic carbocycles. The van der Waals surface area contributed by atoms with Gasteiger partial charge < -0.3 is 10.1 Å². The summed E-state index contributed by atoms with van der Waals surface area (Å²) in [6.07, 6.45) is 0.934. The molecule has 0 saturated heterocycles. The lowest BCUT2D eigenvalue weighted by Crippen LogP contribution is -2.16. The van der Waals surface area contributed by atoms with E-state index >= 15 is 0 Å². The summed E-state index contributed by atoms with van der Waals surface area (Å²) in [5.74, 6) is 0.318. The van der Waals surface area contributed by atoms with Crippen LogP contribution in [0.15, 0.2) is 16.6 Å². The van der Waals surface area contributed by atoms with Gasteiger partial charge in [-0.05, 0) is 45.7 Å². The van der Waals surface area contributed by atoms with E-state index in [2.05, 4.69) is 53.2 Å². The van der Waals surface area contributed by atoms with Gasteiger partial charge in [-0.3, -0.25) is 9.36 Å². The van der Waals surface area contributed by atoms with Gasteiger partial charge in [0.25, 0.3) is 0 Å². The maximum absolute atomic E-state index is 12.6. The Morgan fingerprint density at radius 1 is 1.29 bits per heavy atom. The van der Waals surface area contributed by atoms with Crippen LogP contribution in [0.1, 0.15) is 52.5 Å². The summed E-state index contributed by atoms with van der Waals surface area (Å²) < 4.78 is 6.88. The zero-order valence-electron chi connectivity index (χ0n) is 18.4. The van der Waals surface area contributed by atoms with Crippen molar-refractivity contribution in [3.05, 3.63) is 32.3 Å². The van der Waals surface area contributed by atoms with Crippen LogP contribution in [0, 0.1) is 13.8 Å². The summed E-state index contributed by atoms with van der Waals surface area (Å²) in [4.78, 5) is 26.7. The van der Waals surface area contributed by atoms with Crippen molar-refractivity contribution in [2.75, 3.05) is 18.2 Å². The lowest BCUT2D eigenvalue weighted by Gasteiger charge is -2.14. The van der Waals surface area contributed by atoms with E-state index in [1.807, 2.05) is 6.92 Å². The standard InChI is InChI=1S/C21H26N4O3S3/c1-7-14-13(5)29-9-16(14)18-23-24-21(25(18)11(2)3)30-10-17(26)22-19-15(20(27)28-6)8-12(4)31-19/h8-9,11H,7,10H2,1-6H3,(H,22,26). The fraction of sp³-hybridized carbons (Fsp3) is 0.429. The number of anilines is 1. The van der Waals surface area contributed by atoms with Crippen LogP contribution in [0.3, 0.4) is 0 Å². The minimum absolute atomic E-state index is 0.145. The summed E-state index contributed by atoms with van der Waals surface area (Å²) in [7, 11) is 1.33. The van der Waals surface area contributed by atoms with E-state index in [4.69, 9.17) is 4.74 Å². The number of esters is 1. The molecule has 31 heavy (non-hydrogen) atoms. The second kappa shape index (κ2) is 9.97. The van der Waals surface area contributed by atoms with Crippen molar-refractivity contribution in [3.63, 3.8) is 0 Å². The maximum atomic E-state index is 12.6. The number of thiophene rings is 2. The van der Waals surface area contributed by atoms with Gasteiger partial charge in [-0.25, -0.2) is 4.79 Å². The number of amides is 1. The first-order valence-corrected chi connectivity index (χ1v) is 12.6. The highest BCUT2D eigenvalue weighted by atomic mass is 32.2. The highest BCUT2D eigenvalue weighted by Gasteiger charge is 2.22. The maximum Gasteiger partial charge on any atom is 0.340 e. The van der Waals surface area contributed by atoms with Crippen molar-refractivity contribution >= 4 is 51.3 Å². The number of hydrogen-bond acceptors (Lipinski definition) is 8. The Kier molecular flexibility index (Phi) is 7.55. The Hall–Kier alpha value is -2.17. The molecule has 0 fully saturated rings. The summed E-state index contributed by atoms with van der Waals surface area (Å²) in [5, 5.41) is 15.0. The predicted molar refractivity (Wildman–Crippen MR) is 128 cm³/mol. The van der Waals surface area contributed by atoms with Crippen LogP contribution in [-0.2, 0) is 16.0 Å². The summed E-state index contributed by atoms with van der Waals surface area (Å²) >= 11 is 4.40. The minimum atomic E-state index is -0.464. The molecule has 3 heterocycles. The van der Waals surface area contributed by atoms with Crippen molar-refractivity contribution in [1.82, 2.24) is 14.8 Å². The van der Waals surface area contributed by atoms with Gasteiger partial charge in [0.2, 0.25) is 5.91 Å². The molecule has 0 saturated carbocycles. The van der Waals surface area contributed by atoms with E-state index in [-0.39, 0.29) is 17.7 Å². The highest BCUT2D eigenvalue weighted by molar-refractivity contribution is 7.99. The molecule has 1 amide bonds. The second-order valence-corrected chi connectivity index (χ2v) is 10.5. The molecule has 3 rings (SSSR count). The number of nitrogens with zero attached hydrogens (tertiary/aromatic N) is 3. The molecule has 0 aromatic carbocycles. The Morgan fingerprint density at radius 2 is 2.03 bits per heavy atom. The number of carbonyl (C=O) groups is 2. The van der Waals surface area contributed by atoms with Gasteiger partial charge in [-0.1, -0.05) is 18.7 Å². The van der Waals surface area contributed by atoms with E-state index in [0.29, 0.717) is 15.7 Å². The van der Waals surface area contributed by atoms with E-state index in [1.54, 1.807) is 17.4 Å². The molecule has 0 radical (unpaired) electrons. The molecule has 0 unspecified atom stereocenters. The molecule has 0 spiro atoms. The molecule has 0 bridgehead atoms. The Morgan fingerprint density at radius 3 is 2.68 bits per heavy atom. The Labute approximate surface area is 194 Å². The monoisotopic (exact) mass is 478 g/mol. The Bertz CT molecular complexity index is 1100. The number of aryl methyl sites for hydroxylation is 2. The van der Waals surface area contributed by atoms with Crippen LogP contribution in [0.4, 0.5) is 5.00 Å². The van der Waals surface area contributed by atoms with E-state index in [0.717, 1.165) is 22.7 Å². The van der Waals surface area contributed by atoms with Gasteiger partial charge >= 0.3 is 5.97 Å².